The predicted molar refractivity (Wildman–Crippen MR) is 115 cm³/mol. The van der Waals surface area contributed by atoms with Gasteiger partial charge < -0.3 is 4.42 Å². The normalized spacial score (nSPS) is 12.3. The molecule has 1 heterocycles. The molecule has 3 rings (SSSR count). The molecular weight excluding hydrogens is 426 g/mol. The molecule has 8 nitrogen and oxygen atoms in total. The summed E-state index contributed by atoms with van der Waals surface area (Å²) in [5, 5.41) is 8.36. The summed E-state index contributed by atoms with van der Waals surface area (Å²) in [6, 6.07) is 14.2. The fraction of sp³-hybridized carbons (Fsp3) is 0.200. The van der Waals surface area contributed by atoms with Crippen LogP contribution >= 0.6 is 0 Å². The maximum atomic E-state index is 12.3. The van der Waals surface area contributed by atoms with Crippen LogP contribution in [0.4, 0.5) is 5.69 Å². The maximum absolute atomic E-state index is 12.3. The average Bonchev–Trinajstić information content (AvgIpc) is 3.08. The topological polar surface area (TPSA) is 119 Å². The Morgan fingerprint density at radius 3 is 1.97 bits per heavy atom. The van der Waals surface area contributed by atoms with Gasteiger partial charge in [0.1, 0.15) is 11.5 Å². The van der Waals surface area contributed by atoms with Crippen LogP contribution in [-0.4, -0.2) is 27.0 Å². The number of nitrogens with one attached hydrogen (secondary N) is 1. The molecule has 30 heavy (non-hydrogen) atoms. The number of benzene rings is 2. The Balaban J connectivity index is 1.63. The molecule has 0 spiro atoms. The minimum atomic E-state index is -3.79. The summed E-state index contributed by atoms with van der Waals surface area (Å²) in [6.07, 6.45) is 1.47. The van der Waals surface area contributed by atoms with Crippen LogP contribution in [0.25, 0.3) is 6.08 Å². The lowest BCUT2D eigenvalue weighted by atomic mass is 10.2. The van der Waals surface area contributed by atoms with Gasteiger partial charge in [-0.05, 0) is 37.6 Å². The van der Waals surface area contributed by atoms with Crippen LogP contribution in [0.15, 0.2) is 58.4 Å². The third kappa shape index (κ3) is 6.53. The lowest BCUT2D eigenvalue weighted by Crippen LogP contribution is -2.15. The summed E-state index contributed by atoms with van der Waals surface area (Å²) in [7, 11) is -7.46. The highest BCUT2D eigenvalue weighted by Gasteiger charge is 2.19. The van der Waals surface area contributed by atoms with E-state index in [0.717, 1.165) is 22.1 Å². The quantitative estimate of drug-likeness (QED) is 0.563. The van der Waals surface area contributed by atoms with Crippen LogP contribution in [0, 0.1) is 13.8 Å². The van der Waals surface area contributed by atoms with E-state index >= 15 is 0 Å². The molecule has 3 aromatic rings. The van der Waals surface area contributed by atoms with Gasteiger partial charge in [0, 0.05) is 11.1 Å². The Morgan fingerprint density at radius 1 is 0.833 bits per heavy atom. The SMILES string of the molecule is Cc1ccc(/C=C\S(=O)(=O)Cc2nnc(CS(=O)(=O)Nc3ccc(C)cc3)o2)cc1. The molecule has 1 N–H and O–H groups in total. The Bertz CT molecular complexity index is 1240. The van der Waals surface area contributed by atoms with Crippen LogP contribution in [0.3, 0.4) is 0 Å². The van der Waals surface area contributed by atoms with Crippen molar-refractivity contribution < 1.29 is 21.3 Å². The number of hydrogen-bond acceptors (Lipinski definition) is 7. The van der Waals surface area contributed by atoms with E-state index in [2.05, 4.69) is 14.9 Å². The Kier molecular flexibility index (Phi) is 6.37. The van der Waals surface area contributed by atoms with E-state index in [0.29, 0.717) is 5.69 Å². The van der Waals surface area contributed by atoms with Gasteiger partial charge in [0.2, 0.25) is 21.8 Å². The van der Waals surface area contributed by atoms with Crippen LogP contribution in [-0.2, 0) is 31.4 Å². The number of rotatable bonds is 8. The molecule has 0 unspecified atom stereocenters. The van der Waals surface area contributed by atoms with Crippen LogP contribution in [0.5, 0.6) is 0 Å². The second-order valence-electron chi connectivity index (χ2n) is 6.84. The van der Waals surface area contributed by atoms with E-state index in [1.54, 1.807) is 36.4 Å². The van der Waals surface area contributed by atoms with Crippen molar-refractivity contribution in [3.05, 3.63) is 82.4 Å². The first-order chi connectivity index (χ1) is 14.1. The first-order valence-electron chi connectivity index (χ1n) is 8.96. The zero-order chi connectivity index (χ0) is 21.8. The average molecular weight is 448 g/mol. The summed E-state index contributed by atoms with van der Waals surface area (Å²) >= 11 is 0. The second-order valence-corrected chi connectivity index (χ2v) is 10.4. The lowest BCUT2D eigenvalue weighted by Gasteiger charge is -2.06. The van der Waals surface area contributed by atoms with E-state index in [1.807, 2.05) is 26.0 Å². The van der Waals surface area contributed by atoms with Gasteiger partial charge in [0.25, 0.3) is 0 Å². The fourth-order valence-corrected chi connectivity index (χ4v) is 4.42. The molecule has 10 heteroatoms. The minimum Gasteiger partial charge on any atom is -0.423 e. The van der Waals surface area contributed by atoms with E-state index in [4.69, 9.17) is 4.42 Å². The van der Waals surface area contributed by atoms with Crippen molar-refractivity contribution in [2.75, 3.05) is 4.72 Å². The summed E-state index contributed by atoms with van der Waals surface area (Å²) in [5.74, 6) is -1.45. The van der Waals surface area contributed by atoms with Crippen LogP contribution in [0.2, 0.25) is 0 Å². The molecule has 158 valence electrons. The van der Waals surface area contributed by atoms with Gasteiger partial charge in [-0.3, -0.25) is 4.72 Å². The molecule has 0 amide bonds. The minimum absolute atomic E-state index is 0.177. The highest BCUT2D eigenvalue weighted by atomic mass is 32.2. The molecule has 0 aliphatic carbocycles. The third-order valence-corrected chi connectivity index (χ3v) is 6.39. The van der Waals surface area contributed by atoms with Gasteiger partial charge in [-0.2, -0.15) is 0 Å². The number of sulfone groups is 1. The molecule has 2 aromatic carbocycles. The van der Waals surface area contributed by atoms with E-state index in [1.165, 1.54) is 6.08 Å². The number of aryl methyl sites for hydroxylation is 2. The fourth-order valence-electron chi connectivity index (χ4n) is 2.48. The van der Waals surface area contributed by atoms with Crippen molar-refractivity contribution in [1.29, 1.82) is 0 Å². The van der Waals surface area contributed by atoms with Crippen molar-refractivity contribution in [1.82, 2.24) is 10.2 Å². The van der Waals surface area contributed by atoms with Crippen molar-refractivity contribution in [2.45, 2.75) is 25.4 Å². The molecule has 0 radical (unpaired) electrons. The molecule has 0 fully saturated rings. The Morgan fingerprint density at radius 2 is 1.37 bits per heavy atom. The number of nitrogens with zero attached hydrogens (tertiary/aromatic N) is 2. The first-order valence-corrected chi connectivity index (χ1v) is 12.3. The third-order valence-electron chi connectivity index (χ3n) is 4.02. The summed E-state index contributed by atoms with van der Waals surface area (Å²) in [5.41, 5.74) is 3.21. The maximum Gasteiger partial charge on any atom is 0.241 e. The number of aromatic nitrogens is 2. The molecule has 1 aromatic heterocycles. The summed E-state index contributed by atoms with van der Waals surface area (Å²) in [4.78, 5) is 0. The molecule has 0 bridgehead atoms. The van der Waals surface area contributed by atoms with Crippen molar-refractivity contribution in [3.8, 4) is 0 Å². The summed E-state index contributed by atoms with van der Waals surface area (Å²) in [6.45, 7) is 3.83. The van der Waals surface area contributed by atoms with Gasteiger partial charge in [0.15, 0.2) is 9.84 Å². The number of sulfonamides is 1. The Labute approximate surface area is 175 Å². The molecule has 0 atom stereocenters. The van der Waals surface area contributed by atoms with Crippen molar-refractivity contribution in [2.24, 2.45) is 0 Å². The monoisotopic (exact) mass is 447 g/mol. The van der Waals surface area contributed by atoms with Crippen LogP contribution in [0.1, 0.15) is 28.5 Å². The number of anilines is 1. The lowest BCUT2D eigenvalue weighted by molar-refractivity contribution is 0.473. The van der Waals surface area contributed by atoms with Gasteiger partial charge >= 0.3 is 0 Å². The van der Waals surface area contributed by atoms with Gasteiger partial charge in [-0.15, -0.1) is 10.2 Å². The van der Waals surface area contributed by atoms with E-state index < -0.39 is 31.4 Å². The zero-order valence-electron chi connectivity index (χ0n) is 16.4. The molecule has 0 aliphatic heterocycles. The predicted octanol–water partition coefficient (Wildman–Crippen LogP) is 3.21. The molecule has 0 saturated heterocycles. The molecular formula is C20H21N3O5S2. The standard InChI is InChI=1S/C20H21N3O5S2/c1-15-3-7-17(8-4-15)11-12-29(24,25)13-19-21-22-20(28-19)14-30(26,27)23-18-9-5-16(2)6-10-18/h3-12,23H,13-14H2,1-2H3/b12-11-. The highest BCUT2D eigenvalue weighted by Crippen LogP contribution is 2.15. The van der Waals surface area contributed by atoms with Crippen molar-refractivity contribution >= 4 is 31.6 Å². The second kappa shape index (κ2) is 8.80. The van der Waals surface area contributed by atoms with Crippen molar-refractivity contribution in [3.63, 3.8) is 0 Å². The number of hydrogen-bond donors (Lipinski definition) is 1. The van der Waals surface area contributed by atoms with Crippen LogP contribution < -0.4 is 4.72 Å². The smallest absolute Gasteiger partial charge is 0.241 e. The Hall–Kier alpha value is -2.98. The molecule has 0 aliphatic rings. The summed E-state index contributed by atoms with van der Waals surface area (Å²) < 4.78 is 56.7. The zero-order valence-corrected chi connectivity index (χ0v) is 18.1. The van der Waals surface area contributed by atoms with Gasteiger partial charge in [-0.1, -0.05) is 47.5 Å². The highest BCUT2D eigenvalue weighted by molar-refractivity contribution is 7.93. The van der Waals surface area contributed by atoms with E-state index in [9.17, 15) is 16.8 Å². The van der Waals surface area contributed by atoms with Gasteiger partial charge in [-0.25, -0.2) is 16.8 Å². The largest absolute Gasteiger partial charge is 0.423 e. The van der Waals surface area contributed by atoms with Gasteiger partial charge in [0.05, 0.1) is 0 Å². The van der Waals surface area contributed by atoms with E-state index in [-0.39, 0.29) is 11.8 Å². The molecule has 0 saturated carbocycles. The first kappa shape index (κ1) is 21.7.